The number of carbonyl (C=O) groups is 2. The number of nitrogens with one attached hydrogen (secondary N) is 1. The Labute approximate surface area is 98.3 Å². The summed E-state index contributed by atoms with van der Waals surface area (Å²) in [6, 6.07) is 0. The van der Waals surface area contributed by atoms with Gasteiger partial charge in [0, 0.05) is 32.4 Å². The molecule has 1 aliphatic heterocycles. The Hall–Kier alpha value is -2.05. The van der Waals surface area contributed by atoms with Gasteiger partial charge in [-0.05, 0) is 0 Å². The summed E-state index contributed by atoms with van der Waals surface area (Å²) < 4.78 is 4.63. The second-order valence-electron chi connectivity index (χ2n) is 3.74. The van der Waals surface area contributed by atoms with Crippen molar-refractivity contribution in [3.63, 3.8) is 0 Å². The van der Waals surface area contributed by atoms with Crippen LogP contribution in [0.1, 0.15) is 10.4 Å². The van der Waals surface area contributed by atoms with Crippen LogP contribution < -0.4 is 0 Å². The van der Waals surface area contributed by atoms with Crippen molar-refractivity contribution in [1.29, 1.82) is 0 Å². The Balaban J connectivity index is 1.91. The highest BCUT2D eigenvalue weighted by atomic mass is 16.5. The zero-order valence-corrected chi connectivity index (χ0v) is 9.55. The van der Waals surface area contributed by atoms with Crippen molar-refractivity contribution in [2.45, 2.75) is 0 Å². The smallest absolute Gasteiger partial charge is 0.409 e. The maximum atomic E-state index is 11.9. The third-order valence-corrected chi connectivity index (χ3v) is 2.74. The molecule has 7 nitrogen and oxygen atoms in total. The summed E-state index contributed by atoms with van der Waals surface area (Å²) in [6.45, 7) is 2.02. The van der Waals surface area contributed by atoms with Gasteiger partial charge in [-0.15, -0.1) is 0 Å². The van der Waals surface area contributed by atoms with Gasteiger partial charge in [0.25, 0.3) is 5.91 Å². The molecule has 0 aliphatic carbocycles. The van der Waals surface area contributed by atoms with Gasteiger partial charge in [-0.25, -0.2) is 4.79 Å². The molecular weight excluding hydrogens is 224 g/mol. The monoisotopic (exact) mass is 238 g/mol. The number of aromatic amines is 1. The van der Waals surface area contributed by atoms with Gasteiger partial charge in [0.05, 0.1) is 18.9 Å². The number of piperazine rings is 1. The van der Waals surface area contributed by atoms with Crippen molar-refractivity contribution in [3.8, 4) is 0 Å². The fourth-order valence-corrected chi connectivity index (χ4v) is 1.77. The van der Waals surface area contributed by atoms with Gasteiger partial charge in [-0.2, -0.15) is 5.10 Å². The van der Waals surface area contributed by atoms with Crippen molar-refractivity contribution >= 4 is 12.0 Å². The van der Waals surface area contributed by atoms with Crippen LogP contribution in [0.5, 0.6) is 0 Å². The summed E-state index contributed by atoms with van der Waals surface area (Å²) >= 11 is 0. The lowest BCUT2D eigenvalue weighted by atomic mass is 10.2. The molecular formula is C10H14N4O3. The van der Waals surface area contributed by atoms with E-state index in [4.69, 9.17) is 0 Å². The molecule has 0 atom stereocenters. The average molecular weight is 238 g/mol. The van der Waals surface area contributed by atoms with Crippen molar-refractivity contribution in [1.82, 2.24) is 20.0 Å². The van der Waals surface area contributed by atoms with Crippen LogP contribution >= 0.6 is 0 Å². The molecule has 1 aliphatic rings. The van der Waals surface area contributed by atoms with Gasteiger partial charge in [0.2, 0.25) is 0 Å². The van der Waals surface area contributed by atoms with Gasteiger partial charge < -0.3 is 14.5 Å². The predicted molar refractivity (Wildman–Crippen MR) is 58.5 cm³/mol. The van der Waals surface area contributed by atoms with E-state index in [1.807, 2.05) is 0 Å². The van der Waals surface area contributed by atoms with E-state index >= 15 is 0 Å². The topological polar surface area (TPSA) is 78.5 Å². The highest BCUT2D eigenvalue weighted by Crippen LogP contribution is 2.08. The molecule has 1 fully saturated rings. The van der Waals surface area contributed by atoms with Crippen LogP contribution in [0.15, 0.2) is 12.4 Å². The number of aromatic nitrogens is 2. The summed E-state index contributed by atoms with van der Waals surface area (Å²) in [5, 5.41) is 6.34. The maximum absolute atomic E-state index is 11.9. The minimum Gasteiger partial charge on any atom is -0.453 e. The number of carbonyl (C=O) groups excluding carboxylic acids is 2. The molecule has 1 aromatic heterocycles. The largest absolute Gasteiger partial charge is 0.453 e. The molecule has 1 saturated heterocycles. The number of hydrogen-bond acceptors (Lipinski definition) is 4. The van der Waals surface area contributed by atoms with Crippen molar-refractivity contribution < 1.29 is 14.3 Å². The first-order chi connectivity index (χ1) is 8.22. The minimum absolute atomic E-state index is 0.0664. The molecule has 2 amide bonds. The number of ether oxygens (including phenoxy) is 1. The molecule has 1 aromatic rings. The summed E-state index contributed by atoms with van der Waals surface area (Å²) in [4.78, 5) is 26.5. The van der Waals surface area contributed by atoms with Crippen LogP contribution in [-0.2, 0) is 4.74 Å². The van der Waals surface area contributed by atoms with E-state index in [-0.39, 0.29) is 12.0 Å². The van der Waals surface area contributed by atoms with Gasteiger partial charge in [-0.1, -0.05) is 0 Å². The number of amides is 2. The molecule has 7 heteroatoms. The summed E-state index contributed by atoms with van der Waals surface area (Å²) in [5.41, 5.74) is 0.538. The van der Waals surface area contributed by atoms with Crippen LogP contribution in [-0.4, -0.2) is 65.3 Å². The lowest BCUT2D eigenvalue weighted by molar-refractivity contribution is 0.0600. The molecule has 2 heterocycles. The quantitative estimate of drug-likeness (QED) is 0.743. The zero-order valence-electron chi connectivity index (χ0n) is 9.55. The van der Waals surface area contributed by atoms with Crippen LogP contribution in [0.2, 0.25) is 0 Å². The van der Waals surface area contributed by atoms with E-state index in [0.717, 1.165) is 0 Å². The summed E-state index contributed by atoms with van der Waals surface area (Å²) in [5.74, 6) is -0.0664. The summed E-state index contributed by atoms with van der Waals surface area (Å²) in [7, 11) is 1.35. The van der Waals surface area contributed by atoms with E-state index < -0.39 is 0 Å². The molecule has 92 valence electrons. The lowest BCUT2D eigenvalue weighted by Crippen LogP contribution is -2.50. The Morgan fingerprint density at radius 2 is 1.94 bits per heavy atom. The van der Waals surface area contributed by atoms with E-state index in [2.05, 4.69) is 14.9 Å². The molecule has 0 saturated carbocycles. The maximum Gasteiger partial charge on any atom is 0.409 e. The SMILES string of the molecule is COC(=O)N1CCN(C(=O)c2cn[nH]c2)CC1. The Bertz CT molecular complexity index is 396. The lowest BCUT2D eigenvalue weighted by Gasteiger charge is -2.33. The zero-order chi connectivity index (χ0) is 12.3. The normalized spacial score (nSPS) is 15.8. The second kappa shape index (κ2) is 4.86. The molecule has 17 heavy (non-hydrogen) atoms. The highest BCUT2D eigenvalue weighted by molar-refractivity contribution is 5.93. The van der Waals surface area contributed by atoms with E-state index in [1.165, 1.54) is 13.3 Å². The predicted octanol–water partition coefficient (Wildman–Crippen LogP) is -0.0661. The molecule has 0 radical (unpaired) electrons. The van der Waals surface area contributed by atoms with E-state index in [1.54, 1.807) is 16.0 Å². The van der Waals surface area contributed by atoms with Crippen LogP contribution in [0.3, 0.4) is 0 Å². The first-order valence-corrected chi connectivity index (χ1v) is 5.33. The van der Waals surface area contributed by atoms with Crippen LogP contribution in [0.25, 0.3) is 0 Å². The minimum atomic E-state index is -0.347. The van der Waals surface area contributed by atoms with Crippen molar-refractivity contribution in [3.05, 3.63) is 18.0 Å². The fraction of sp³-hybridized carbons (Fsp3) is 0.500. The number of rotatable bonds is 1. The van der Waals surface area contributed by atoms with E-state index in [9.17, 15) is 9.59 Å². The van der Waals surface area contributed by atoms with Gasteiger partial charge in [0.1, 0.15) is 0 Å². The van der Waals surface area contributed by atoms with Crippen LogP contribution in [0, 0.1) is 0 Å². The third kappa shape index (κ3) is 2.38. The Morgan fingerprint density at radius 3 is 2.47 bits per heavy atom. The van der Waals surface area contributed by atoms with Gasteiger partial charge in [0.15, 0.2) is 0 Å². The first-order valence-electron chi connectivity index (χ1n) is 5.33. The van der Waals surface area contributed by atoms with E-state index in [0.29, 0.717) is 31.7 Å². The number of nitrogens with zero attached hydrogens (tertiary/aromatic N) is 3. The molecule has 1 N–H and O–H groups in total. The molecule has 0 aromatic carbocycles. The standard InChI is InChI=1S/C10H14N4O3/c1-17-10(16)14-4-2-13(3-5-14)9(15)8-6-11-12-7-8/h6-7H,2-5H2,1H3,(H,11,12). The Kier molecular flexibility index (Phi) is 3.27. The molecule has 2 rings (SSSR count). The van der Waals surface area contributed by atoms with Gasteiger partial charge in [-0.3, -0.25) is 9.89 Å². The fourth-order valence-electron chi connectivity index (χ4n) is 1.77. The van der Waals surface area contributed by atoms with Crippen molar-refractivity contribution in [2.75, 3.05) is 33.3 Å². The average Bonchev–Trinajstić information content (AvgIpc) is 2.91. The molecule has 0 bridgehead atoms. The molecule has 0 unspecified atom stereocenters. The third-order valence-electron chi connectivity index (χ3n) is 2.74. The van der Waals surface area contributed by atoms with Crippen molar-refractivity contribution in [2.24, 2.45) is 0 Å². The second-order valence-corrected chi connectivity index (χ2v) is 3.74. The van der Waals surface area contributed by atoms with Crippen LogP contribution in [0.4, 0.5) is 4.79 Å². The number of hydrogen-bond donors (Lipinski definition) is 1. The molecule has 0 spiro atoms. The number of H-pyrrole nitrogens is 1. The van der Waals surface area contributed by atoms with Gasteiger partial charge >= 0.3 is 6.09 Å². The highest BCUT2D eigenvalue weighted by Gasteiger charge is 2.25. The number of methoxy groups -OCH3 is 1. The Morgan fingerprint density at radius 1 is 1.29 bits per heavy atom. The summed E-state index contributed by atoms with van der Waals surface area (Å²) in [6.07, 6.45) is 2.71. The first kappa shape index (κ1) is 11.4.